The van der Waals surface area contributed by atoms with Gasteiger partial charge in [-0.25, -0.2) is 13.6 Å². The predicted octanol–water partition coefficient (Wildman–Crippen LogP) is 2.31. The van der Waals surface area contributed by atoms with Crippen molar-refractivity contribution in [2.45, 2.75) is 12.5 Å². The van der Waals surface area contributed by atoms with Crippen LogP contribution in [0.3, 0.4) is 0 Å². The molecule has 1 fully saturated rings. The number of hydrogen-bond donors (Lipinski definition) is 1. The van der Waals surface area contributed by atoms with Crippen LogP contribution in [0, 0.1) is 11.6 Å². The van der Waals surface area contributed by atoms with Crippen LogP contribution in [0.25, 0.3) is 0 Å². The van der Waals surface area contributed by atoms with Crippen molar-refractivity contribution in [3.63, 3.8) is 0 Å². The van der Waals surface area contributed by atoms with Crippen LogP contribution < -0.4 is 4.90 Å². The number of hydrogen-bond acceptors (Lipinski definition) is 3. The quantitative estimate of drug-likeness (QED) is 0.818. The first-order valence-electron chi connectivity index (χ1n) is 6.72. The zero-order valence-electron chi connectivity index (χ0n) is 11.6. The molecule has 0 saturated carbocycles. The fourth-order valence-corrected chi connectivity index (χ4v) is 2.47. The van der Waals surface area contributed by atoms with Crippen molar-refractivity contribution in [1.29, 1.82) is 0 Å². The summed E-state index contributed by atoms with van der Waals surface area (Å²) in [5.74, 6) is -2.21. The van der Waals surface area contributed by atoms with Crippen LogP contribution in [0.2, 0.25) is 0 Å². The second-order valence-corrected chi connectivity index (χ2v) is 5.05. The summed E-state index contributed by atoms with van der Waals surface area (Å²) in [5, 5.41) is 9.27. The van der Waals surface area contributed by atoms with E-state index in [1.807, 2.05) is 4.90 Å². The third-order valence-corrected chi connectivity index (χ3v) is 3.58. The summed E-state index contributed by atoms with van der Waals surface area (Å²) in [6.45, 7) is 0.788. The van der Waals surface area contributed by atoms with Crippen molar-refractivity contribution in [1.82, 2.24) is 4.90 Å². The fourth-order valence-electron chi connectivity index (χ4n) is 2.47. The minimum absolute atomic E-state index is 0.0433. The molecule has 0 spiro atoms. The van der Waals surface area contributed by atoms with E-state index < -0.39 is 36.0 Å². The Labute approximate surface area is 124 Å². The van der Waals surface area contributed by atoms with Crippen LogP contribution in [-0.4, -0.2) is 54.7 Å². The van der Waals surface area contributed by atoms with Gasteiger partial charge in [-0.1, -0.05) is 0 Å². The number of anilines is 1. The highest BCUT2D eigenvalue weighted by molar-refractivity contribution is 5.88. The normalized spacial score (nSPS) is 15.4. The van der Waals surface area contributed by atoms with E-state index in [0.29, 0.717) is 26.1 Å². The van der Waals surface area contributed by atoms with Gasteiger partial charge in [0.2, 0.25) is 0 Å². The van der Waals surface area contributed by atoms with E-state index in [1.54, 1.807) is 0 Å². The Morgan fingerprint density at radius 2 is 1.95 bits per heavy atom. The molecular formula is C14H15F3N2O3. The van der Waals surface area contributed by atoms with E-state index in [4.69, 9.17) is 0 Å². The van der Waals surface area contributed by atoms with Gasteiger partial charge in [0, 0.05) is 19.6 Å². The van der Waals surface area contributed by atoms with Crippen molar-refractivity contribution in [2.24, 2.45) is 0 Å². The molecule has 0 radical (unpaired) electrons. The largest absolute Gasteiger partial charge is 0.465 e. The number of nitrogens with zero attached hydrogens (tertiary/aromatic N) is 2. The Balaban J connectivity index is 2.17. The molecule has 22 heavy (non-hydrogen) atoms. The van der Waals surface area contributed by atoms with E-state index >= 15 is 0 Å². The third-order valence-electron chi connectivity index (χ3n) is 3.58. The van der Waals surface area contributed by atoms with Gasteiger partial charge >= 0.3 is 6.09 Å². The lowest BCUT2D eigenvalue weighted by Crippen LogP contribution is -2.61. The molecule has 8 heteroatoms. The molecule has 1 aliphatic rings. The summed E-state index contributed by atoms with van der Waals surface area (Å²) >= 11 is 0. The summed E-state index contributed by atoms with van der Waals surface area (Å²) in [6, 6.07) is 1.19. The number of likely N-dealkylation sites (tertiary alicyclic amines) is 1. The summed E-state index contributed by atoms with van der Waals surface area (Å²) in [4.78, 5) is 24.6. The monoisotopic (exact) mass is 316 g/mol. The average molecular weight is 316 g/mol. The Morgan fingerprint density at radius 3 is 2.41 bits per heavy atom. The first-order valence-corrected chi connectivity index (χ1v) is 6.72. The lowest BCUT2D eigenvalue weighted by atomic mass is 10.1. The minimum Gasteiger partial charge on any atom is -0.465 e. The molecule has 1 aromatic rings. The average Bonchev–Trinajstić information content (AvgIpc) is 2.40. The number of amides is 1. The number of carboxylic acid groups (broad SMARTS) is 1. The smallest absolute Gasteiger partial charge is 0.412 e. The van der Waals surface area contributed by atoms with Gasteiger partial charge in [0.05, 0.1) is 24.0 Å². The maximum atomic E-state index is 13.6. The van der Waals surface area contributed by atoms with Gasteiger partial charge in [-0.15, -0.1) is 0 Å². The van der Waals surface area contributed by atoms with Gasteiger partial charge < -0.3 is 5.11 Å². The summed E-state index contributed by atoms with van der Waals surface area (Å²) < 4.78 is 39.3. The maximum absolute atomic E-state index is 13.6. The van der Waals surface area contributed by atoms with Crippen LogP contribution >= 0.6 is 0 Å². The SMILES string of the molecule is O=Cc1c(F)cc(N(C(=O)O)C2CN(CCCF)C2)cc1F. The minimum atomic E-state index is -1.34. The molecule has 1 aliphatic heterocycles. The lowest BCUT2D eigenvalue weighted by Gasteiger charge is -2.44. The number of aldehydes is 1. The predicted molar refractivity (Wildman–Crippen MR) is 73.1 cm³/mol. The number of halogens is 3. The highest BCUT2D eigenvalue weighted by Crippen LogP contribution is 2.26. The second-order valence-electron chi connectivity index (χ2n) is 5.05. The number of rotatable bonds is 6. The standard InChI is InChI=1S/C14H15F3N2O3/c15-2-1-3-18-6-10(7-18)19(14(21)22)9-4-12(16)11(8-20)13(17)5-9/h4-5,8,10H,1-3,6-7H2,(H,21,22). The van der Waals surface area contributed by atoms with E-state index in [0.717, 1.165) is 17.0 Å². The van der Waals surface area contributed by atoms with Crippen LogP contribution in [0.5, 0.6) is 0 Å². The molecule has 120 valence electrons. The molecule has 1 N–H and O–H groups in total. The van der Waals surface area contributed by atoms with Gasteiger partial charge in [-0.3, -0.25) is 19.0 Å². The van der Waals surface area contributed by atoms with Gasteiger partial charge in [0.15, 0.2) is 6.29 Å². The molecule has 0 atom stereocenters. The molecule has 1 amide bonds. The van der Waals surface area contributed by atoms with E-state index in [1.165, 1.54) is 0 Å². The Bertz CT molecular complexity index is 553. The van der Waals surface area contributed by atoms with Crippen LogP contribution in [0.4, 0.5) is 23.7 Å². The van der Waals surface area contributed by atoms with Crippen molar-refractivity contribution in [2.75, 3.05) is 31.2 Å². The van der Waals surface area contributed by atoms with E-state index in [-0.39, 0.29) is 12.0 Å². The molecule has 0 bridgehead atoms. The van der Waals surface area contributed by atoms with E-state index in [9.17, 15) is 27.9 Å². The summed E-state index contributed by atoms with van der Waals surface area (Å²) in [6.07, 6.45) is -0.939. The van der Waals surface area contributed by atoms with Gasteiger partial charge in [-0.2, -0.15) is 0 Å². The van der Waals surface area contributed by atoms with Gasteiger partial charge in [0.25, 0.3) is 0 Å². The van der Waals surface area contributed by atoms with Crippen LogP contribution in [0.1, 0.15) is 16.8 Å². The lowest BCUT2D eigenvalue weighted by molar-refractivity contribution is 0.111. The zero-order valence-corrected chi connectivity index (χ0v) is 11.6. The first-order chi connectivity index (χ1) is 10.5. The van der Waals surface area contributed by atoms with Crippen molar-refractivity contribution in [3.05, 3.63) is 29.3 Å². The van der Waals surface area contributed by atoms with Crippen molar-refractivity contribution in [3.8, 4) is 0 Å². The van der Waals surface area contributed by atoms with Crippen LogP contribution in [-0.2, 0) is 0 Å². The molecule has 5 nitrogen and oxygen atoms in total. The molecule has 0 unspecified atom stereocenters. The molecule has 1 aromatic carbocycles. The molecule has 2 rings (SSSR count). The molecular weight excluding hydrogens is 301 g/mol. The van der Waals surface area contributed by atoms with E-state index in [2.05, 4.69) is 0 Å². The van der Waals surface area contributed by atoms with Crippen molar-refractivity contribution >= 4 is 18.1 Å². The third kappa shape index (κ3) is 3.22. The highest BCUT2D eigenvalue weighted by Gasteiger charge is 2.35. The Morgan fingerprint density at radius 1 is 1.36 bits per heavy atom. The number of alkyl halides is 1. The number of carbonyl (C=O) groups is 2. The highest BCUT2D eigenvalue weighted by atomic mass is 19.1. The van der Waals surface area contributed by atoms with Crippen LogP contribution in [0.15, 0.2) is 12.1 Å². The number of carbonyl (C=O) groups excluding carboxylic acids is 1. The molecule has 0 aliphatic carbocycles. The summed E-state index contributed by atoms with van der Waals surface area (Å²) in [5.41, 5.74) is -0.893. The van der Waals surface area contributed by atoms with Crippen molar-refractivity contribution < 1.29 is 27.9 Å². The van der Waals surface area contributed by atoms with Gasteiger partial charge in [0.1, 0.15) is 11.6 Å². The molecule has 1 saturated heterocycles. The summed E-state index contributed by atoms with van der Waals surface area (Å²) in [7, 11) is 0. The maximum Gasteiger partial charge on any atom is 0.412 e. The number of benzene rings is 1. The zero-order chi connectivity index (χ0) is 16.3. The van der Waals surface area contributed by atoms with Gasteiger partial charge in [-0.05, 0) is 18.6 Å². The second kappa shape index (κ2) is 6.78. The first kappa shape index (κ1) is 16.3. The molecule has 0 aromatic heterocycles. The topological polar surface area (TPSA) is 60.9 Å². The fraction of sp³-hybridized carbons (Fsp3) is 0.429. The Hall–Kier alpha value is -2.09. The molecule has 1 heterocycles. The Kier molecular flexibility index (Phi) is 5.02.